The molecule has 5 heteroatoms. The highest BCUT2D eigenvalue weighted by molar-refractivity contribution is 5.34. The second-order valence-electron chi connectivity index (χ2n) is 7.37. The lowest BCUT2D eigenvalue weighted by atomic mass is 9.94. The number of halogens is 1. The van der Waals surface area contributed by atoms with Crippen molar-refractivity contribution in [1.29, 1.82) is 5.26 Å². The summed E-state index contributed by atoms with van der Waals surface area (Å²) in [6, 6.07) is 20.1. The Hall–Kier alpha value is -3.23. The van der Waals surface area contributed by atoms with Crippen LogP contribution >= 0.6 is 0 Å². The molecule has 0 radical (unpaired) electrons. The molecule has 2 atom stereocenters. The Kier molecular flexibility index (Phi) is 5.55. The maximum Gasteiger partial charge on any atom is 0.251 e. The molecule has 4 rings (SSSR count). The maximum atomic E-state index is 13.6. The van der Waals surface area contributed by atoms with E-state index in [1.807, 2.05) is 12.1 Å². The lowest BCUT2D eigenvalue weighted by molar-refractivity contribution is 0.0182. The van der Waals surface area contributed by atoms with Gasteiger partial charge < -0.3 is 9.30 Å². The predicted molar refractivity (Wildman–Crippen MR) is 108 cm³/mol. The highest BCUT2D eigenvalue weighted by Crippen LogP contribution is 2.38. The molecule has 0 amide bonds. The molecule has 2 aromatic carbocycles. The van der Waals surface area contributed by atoms with Crippen LogP contribution in [0.1, 0.15) is 41.7 Å². The number of pyridine rings is 1. The molecule has 0 saturated heterocycles. The minimum atomic E-state index is -0.462. The van der Waals surface area contributed by atoms with Crippen LogP contribution in [-0.2, 0) is 4.74 Å². The fourth-order valence-corrected chi connectivity index (χ4v) is 3.45. The van der Waals surface area contributed by atoms with Crippen LogP contribution in [0.2, 0.25) is 0 Å². The van der Waals surface area contributed by atoms with E-state index in [4.69, 9.17) is 10.00 Å². The first kappa shape index (κ1) is 19.1. The average Bonchev–Trinajstić information content (AvgIpc) is 3.58. The van der Waals surface area contributed by atoms with Gasteiger partial charge in [0.25, 0.3) is 5.56 Å². The Balaban J connectivity index is 1.81. The lowest BCUT2D eigenvalue weighted by Crippen LogP contribution is -2.30. The summed E-state index contributed by atoms with van der Waals surface area (Å²) in [5.41, 5.74) is 2.06. The number of aromatic nitrogens is 1. The van der Waals surface area contributed by atoms with Crippen LogP contribution in [0, 0.1) is 23.1 Å². The molecular weight excluding hydrogens is 367 g/mol. The molecule has 1 aliphatic carbocycles. The molecule has 3 aromatic rings. The Labute approximate surface area is 168 Å². The third kappa shape index (κ3) is 4.44. The van der Waals surface area contributed by atoms with Crippen molar-refractivity contribution in [1.82, 2.24) is 4.57 Å². The van der Waals surface area contributed by atoms with Crippen LogP contribution < -0.4 is 5.56 Å². The number of nitriles is 1. The highest BCUT2D eigenvalue weighted by atomic mass is 19.1. The largest absolute Gasteiger partial charge is 0.371 e. The normalized spacial score (nSPS) is 15.4. The SMILES string of the molecule is N#Cc1ccc(C(OCC2CC2)C(c2ccc(F)cc2)n2ccccc2=O)cc1. The van der Waals surface area contributed by atoms with Crippen LogP contribution in [0.4, 0.5) is 4.39 Å². The van der Waals surface area contributed by atoms with Gasteiger partial charge in [0, 0.05) is 12.3 Å². The van der Waals surface area contributed by atoms with Gasteiger partial charge in [-0.15, -0.1) is 0 Å². The number of benzene rings is 2. The minimum Gasteiger partial charge on any atom is -0.371 e. The number of hydrogen-bond acceptors (Lipinski definition) is 3. The molecule has 1 heterocycles. The molecule has 0 spiro atoms. The van der Waals surface area contributed by atoms with Gasteiger partial charge in [-0.1, -0.05) is 30.3 Å². The van der Waals surface area contributed by atoms with Crippen LogP contribution in [0.15, 0.2) is 77.7 Å². The summed E-state index contributed by atoms with van der Waals surface area (Å²) in [7, 11) is 0. The van der Waals surface area contributed by atoms with E-state index in [9.17, 15) is 9.18 Å². The molecule has 1 saturated carbocycles. The smallest absolute Gasteiger partial charge is 0.251 e. The van der Waals surface area contributed by atoms with Crippen molar-refractivity contribution < 1.29 is 9.13 Å². The van der Waals surface area contributed by atoms with E-state index in [1.54, 1.807) is 47.2 Å². The molecule has 0 bridgehead atoms. The van der Waals surface area contributed by atoms with Crippen molar-refractivity contribution in [3.63, 3.8) is 0 Å². The summed E-state index contributed by atoms with van der Waals surface area (Å²) < 4.78 is 21.5. The predicted octanol–water partition coefficient (Wildman–Crippen LogP) is 4.62. The first-order chi connectivity index (χ1) is 14.2. The van der Waals surface area contributed by atoms with Gasteiger partial charge in [-0.05, 0) is 60.2 Å². The fraction of sp³-hybridized carbons (Fsp3) is 0.250. The highest BCUT2D eigenvalue weighted by Gasteiger charge is 2.31. The van der Waals surface area contributed by atoms with Gasteiger partial charge in [0.2, 0.25) is 0 Å². The van der Waals surface area contributed by atoms with Gasteiger partial charge in [-0.25, -0.2) is 4.39 Å². The molecule has 4 nitrogen and oxygen atoms in total. The van der Waals surface area contributed by atoms with Crippen LogP contribution in [0.3, 0.4) is 0 Å². The first-order valence-corrected chi connectivity index (χ1v) is 9.70. The molecule has 0 N–H and O–H groups in total. The second kappa shape index (κ2) is 8.42. The van der Waals surface area contributed by atoms with Crippen molar-refractivity contribution in [2.75, 3.05) is 6.61 Å². The van der Waals surface area contributed by atoms with Gasteiger partial charge >= 0.3 is 0 Å². The molecule has 1 aromatic heterocycles. The number of ether oxygens (including phenoxy) is 1. The summed E-state index contributed by atoms with van der Waals surface area (Å²) >= 11 is 0. The number of rotatable bonds is 7. The Bertz CT molecular complexity index is 1060. The quantitative estimate of drug-likeness (QED) is 0.594. The van der Waals surface area contributed by atoms with Gasteiger partial charge in [0.05, 0.1) is 24.3 Å². The maximum absolute atomic E-state index is 13.6. The van der Waals surface area contributed by atoms with Gasteiger partial charge in [-0.3, -0.25) is 4.79 Å². The van der Waals surface area contributed by atoms with E-state index >= 15 is 0 Å². The molecule has 146 valence electrons. The zero-order valence-electron chi connectivity index (χ0n) is 15.9. The summed E-state index contributed by atoms with van der Waals surface area (Å²) in [4.78, 5) is 12.7. The van der Waals surface area contributed by atoms with E-state index in [1.165, 1.54) is 18.2 Å². The summed E-state index contributed by atoms with van der Waals surface area (Å²) in [6.07, 6.45) is 3.57. The van der Waals surface area contributed by atoms with Gasteiger partial charge in [-0.2, -0.15) is 5.26 Å². The third-order valence-corrected chi connectivity index (χ3v) is 5.23. The van der Waals surface area contributed by atoms with Crippen molar-refractivity contribution in [3.8, 4) is 6.07 Å². The van der Waals surface area contributed by atoms with Crippen molar-refractivity contribution in [3.05, 3.63) is 106 Å². The Morgan fingerprint density at radius 2 is 1.72 bits per heavy atom. The van der Waals surface area contributed by atoms with Crippen molar-refractivity contribution in [2.45, 2.75) is 25.0 Å². The monoisotopic (exact) mass is 388 g/mol. The molecule has 0 aliphatic heterocycles. The Morgan fingerprint density at radius 3 is 2.34 bits per heavy atom. The molecular formula is C24H21FN2O2. The van der Waals surface area contributed by atoms with E-state index in [0.717, 1.165) is 24.0 Å². The molecule has 2 unspecified atom stereocenters. The summed E-state index contributed by atoms with van der Waals surface area (Å²) in [6.45, 7) is 0.601. The topological polar surface area (TPSA) is 55.0 Å². The van der Waals surface area contributed by atoms with Crippen LogP contribution in [0.25, 0.3) is 0 Å². The van der Waals surface area contributed by atoms with Crippen molar-refractivity contribution >= 4 is 0 Å². The lowest BCUT2D eigenvalue weighted by Gasteiger charge is -2.30. The molecule has 1 fully saturated rings. The summed E-state index contributed by atoms with van der Waals surface area (Å²) in [5, 5.41) is 9.12. The Morgan fingerprint density at radius 1 is 1.03 bits per heavy atom. The number of hydrogen-bond donors (Lipinski definition) is 0. The number of nitrogens with zero attached hydrogens (tertiary/aromatic N) is 2. The minimum absolute atomic E-state index is 0.157. The summed E-state index contributed by atoms with van der Waals surface area (Å²) in [5.74, 6) is 0.207. The fourth-order valence-electron chi connectivity index (χ4n) is 3.45. The molecule has 29 heavy (non-hydrogen) atoms. The third-order valence-electron chi connectivity index (χ3n) is 5.23. The van der Waals surface area contributed by atoms with E-state index in [2.05, 4.69) is 6.07 Å². The standard InChI is InChI=1S/C24H21FN2O2/c25-21-12-10-19(11-13-21)23(27-14-2-1-3-22(27)28)24(29-16-18-4-5-18)20-8-6-17(15-26)7-9-20/h1-3,6-14,18,23-24H,4-5,16H2. The van der Waals surface area contributed by atoms with Crippen LogP contribution in [0.5, 0.6) is 0 Å². The zero-order valence-corrected chi connectivity index (χ0v) is 15.9. The first-order valence-electron chi connectivity index (χ1n) is 9.70. The second-order valence-corrected chi connectivity index (χ2v) is 7.37. The average molecular weight is 388 g/mol. The van der Waals surface area contributed by atoms with Gasteiger partial charge in [0.1, 0.15) is 11.9 Å². The van der Waals surface area contributed by atoms with Crippen molar-refractivity contribution in [2.24, 2.45) is 5.92 Å². The van der Waals surface area contributed by atoms with E-state index < -0.39 is 12.1 Å². The van der Waals surface area contributed by atoms with Crippen LogP contribution in [-0.4, -0.2) is 11.2 Å². The van der Waals surface area contributed by atoms with Gasteiger partial charge in [0.15, 0.2) is 0 Å². The van der Waals surface area contributed by atoms with E-state index in [-0.39, 0.29) is 11.4 Å². The zero-order chi connectivity index (χ0) is 20.2. The molecule has 1 aliphatic rings. The van der Waals surface area contributed by atoms with E-state index in [0.29, 0.717) is 18.1 Å².